The highest BCUT2D eigenvalue weighted by Crippen LogP contribution is 2.22. The Bertz CT molecular complexity index is 633. The molecule has 0 aliphatic rings. The van der Waals surface area contributed by atoms with E-state index in [4.69, 9.17) is 9.84 Å². The summed E-state index contributed by atoms with van der Waals surface area (Å²) in [7, 11) is 1.61. The van der Waals surface area contributed by atoms with Crippen LogP contribution in [0.5, 0.6) is 5.75 Å². The second-order valence-corrected chi connectivity index (χ2v) is 5.45. The normalized spacial score (nSPS) is 10.1. The average molecular weight is 305 g/mol. The Morgan fingerprint density at radius 1 is 1.19 bits per heavy atom. The minimum atomic E-state index is -0.987. The summed E-state index contributed by atoms with van der Waals surface area (Å²) in [6.07, 6.45) is 0.958. The third kappa shape index (κ3) is 4.32. The second kappa shape index (κ2) is 6.90. The fourth-order valence-electron chi connectivity index (χ4n) is 1.77. The van der Waals surface area contributed by atoms with Gasteiger partial charge in [0.05, 0.1) is 12.1 Å². The van der Waals surface area contributed by atoms with E-state index in [1.54, 1.807) is 13.2 Å². The lowest BCUT2D eigenvalue weighted by Crippen LogP contribution is -2.11. The van der Waals surface area contributed by atoms with Gasteiger partial charge >= 0.3 is 5.97 Å². The van der Waals surface area contributed by atoms with Crippen LogP contribution < -0.4 is 10.1 Å². The molecule has 2 rings (SSSR count). The van der Waals surface area contributed by atoms with E-state index in [9.17, 15) is 9.59 Å². The molecule has 0 bridgehead atoms. The second-order valence-electron chi connectivity index (χ2n) is 4.37. The zero-order valence-electron chi connectivity index (χ0n) is 11.5. The lowest BCUT2D eigenvalue weighted by atomic mass is 10.1. The third-order valence-corrected chi connectivity index (χ3v) is 3.87. The summed E-state index contributed by atoms with van der Waals surface area (Å²) < 4.78 is 5.07. The van der Waals surface area contributed by atoms with Crippen LogP contribution in [0, 0.1) is 0 Å². The van der Waals surface area contributed by atoms with E-state index in [0.29, 0.717) is 17.8 Å². The molecular formula is C15H15NO4S. The van der Waals surface area contributed by atoms with E-state index in [-0.39, 0.29) is 10.8 Å². The number of aromatic carboxylic acids is 1. The summed E-state index contributed by atoms with van der Waals surface area (Å²) in [6, 6.07) is 10.6. The van der Waals surface area contributed by atoms with E-state index in [0.717, 1.165) is 22.6 Å². The molecule has 1 aromatic heterocycles. The molecule has 110 valence electrons. The fraction of sp³-hybridized carbons (Fsp3) is 0.200. The molecule has 0 aliphatic heterocycles. The quantitative estimate of drug-likeness (QED) is 0.860. The number of benzene rings is 1. The van der Waals surface area contributed by atoms with Gasteiger partial charge < -0.3 is 15.2 Å². The Hall–Kier alpha value is -2.34. The molecular weight excluding hydrogens is 290 g/mol. The predicted octanol–water partition coefficient (Wildman–Crippen LogP) is 3.03. The van der Waals surface area contributed by atoms with Crippen molar-refractivity contribution in [3.05, 3.63) is 46.8 Å². The fourth-order valence-corrected chi connectivity index (χ4v) is 2.53. The molecule has 21 heavy (non-hydrogen) atoms. The van der Waals surface area contributed by atoms with E-state index >= 15 is 0 Å². The maximum Gasteiger partial charge on any atom is 0.345 e. The molecule has 1 aromatic carbocycles. The van der Waals surface area contributed by atoms with Crippen LogP contribution in [0.1, 0.15) is 21.7 Å². The highest BCUT2D eigenvalue weighted by atomic mass is 32.1. The molecule has 0 spiro atoms. The van der Waals surface area contributed by atoms with Crippen molar-refractivity contribution in [1.29, 1.82) is 0 Å². The number of anilines is 1. The van der Waals surface area contributed by atoms with Crippen LogP contribution in [0.2, 0.25) is 0 Å². The lowest BCUT2D eigenvalue weighted by molar-refractivity contribution is -0.116. The van der Waals surface area contributed by atoms with E-state index in [2.05, 4.69) is 5.32 Å². The molecule has 1 heterocycles. The number of aryl methyl sites for hydroxylation is 1. The van der Waals surface area contributed by atoms with Gasteiger partial charge in [-0.2, -0.15) is 0 Å². The van der Waals surface area contributed by atoms with Crippen molar-refractivity contribution < 1.29 is 19.4 Å². The van der Waals surface area contributed by atoms with Crippen LogP contribution in [0.3, 0.4) is 0 Å². The van der Waals surface area contributed by atoms with Gasteiger partial charge in [-0.15, -0.1) is 11.3 Å². The van der Waals surface area contributed by atoms with E-state index < -0.39 is 5.97 Å². The summed E-state index contributed by atoms with van der Waals surface area (Å²) >= 11 is 1.05. The summed E-state index contributed by atoms with van der Waals surface area (Å²) in [6.45, 7) is 0. The van der Waals surface area contributed by atoms with Gasteiger partial charge in [0, 0.05) is 6.42 Å². The first-order valence-electron chi connectivity index (χ1n) is 6.34. The number of hydrogen-bond acceptors (Lipinski definition) is 4. The molecule has 0 unspecified atom stereocenters. The highest BCUT2D eigenvalue weighted by Gasteiger charge is 2.09. The van der Waals surface area contributed by atoms with Crippen molar-refractivity contribution in [2.45, 2.75) is 12.8 Å². The van der Waals surface area contributed by atoms with Gasteiger partial charge in [-0.05, 0) is 36.2 Å². The molecule has 0 atom stereocenters. The van der Waals surface area contributed by atoms with Crippen molar-refractivity contribution in [3.63, 3.8) is 0 Å². The SMILES string of the molecule is COc1ccc(CCC(=O)Nc2ccc(C(=O)O)s2)cc1. The number of rotatable bonds is 6. The van der Waals surface area contributed by atoms with Crippen LogP contribution in [0.15, 0.2) is 36.4 Å². The molecule has 0 aliphatic carbocycles. The number of nitrogens with one attached hydrogen (secondary N) is 1. The van der Waals surface area contributed by atoms with Gasteiger partial charge in [0.15, 0.2) is 0 Å². The van der Waals surface area contributed by atoms with Gasteiger partial charge in [-0.1, -0.05) is 12.1 Å². The standard InChI is InChI=1S/C15H15NO4S/c1-20-11-5-2-10(3-6-11)4-8-13(17)16-14-9-7-12(21-14)15(18)19/h2-3,5-7,9H,4,8H2,1H3,(H,16,17)(H,18,19). The molecule has 0 saturated heterocycles. The van der Waals surface area contributed by atoms with Crippen LogP contribution >= 0.6 is 11.3 Å². The Balaban J connectivity index is 1.84. The summed E-state index contributed by atoms with van der Waals surface area (Å²) in [5.41, 5.74) is 1.04. The van der Waals surface area contributed by atoms with Crippen molar-refractivity contribution in [2.75, 3.05) is 12.4 Å². The van der Waals surface area contributed by atoms with Crippen molar-refractivity contribution in [2.24, 2.45) is 0 Å². The molecule has 0 radical (unpaired) electrons. The average Bonchev–Trinajstić information content (AvgIpc) is 2.94. The Kier molecular flexibility index (Phi) is 4.94. The molecule has 1 amide bonds. The Morgan fingerprint density at radius 2 is 1.90 bits per heavy atom. The first-order chi connectivity index (χ1) is 10.1. The van der Waals surface area contributed by atoms with Crippen LogP contribution in [0.4, 0.5) is 5.00 Å². The van der Waals surface area contributed by atoms with Gasteiger partial charge in [-0.25, -0.2) is 4.79 Å². The molecule has 0 fully saturated rings. The summed E-state index contributed by atoms with van der Waals surface area (Å²) in [4.78, 5) is 22.8. The zero-order chi connectivity index (χ0) is 15.2. The lowest BCUT2D eigenvalue weighted by Gasteiger charge is -2.04. The largest absolute Gasteiger partial charge is 0.497 e. The minimum Gasteiger partial charge on any atom is -0.497 e. The molecule has 6 heteroatoms. The number of amides is 1. The zero-order valence-corrected chi connectivity index (χ0v) is 12.3. The number of carbonyl (C=O) groups is 2. The predicted molar refractivity (Wildman–Crippen MR) is 81.2 cm³/mol. The van der Waals surface area contributed by atoms with Gasteiger partial charge in [0.25, 0.3) is 0 Å². The van der Waals surface area contributed by atoms with Crippen LogP contribution in [-0.2, 0) is 11.2 Å². The van der Waals surface area contributed by atoms with E-state index in [1.807, 2.05) is 24.3 Å². The molecule has 2 N–H and O–H groups in total. The van der Waals surface area contributed by atoms with Gasteiger partial charge in [0.2, 0.25) is 5.91 Å². The van der Waals surface area contributed by atoms with Gasteiger partial charge in [-0.3, -0.25) is 4.79 Å². The van der Waals surface area contributed by atoms with Crippen molar-refractivity contribution >= 4 is 28.2 Å². The van der Waals surface area contributed by atoms with Crippen LogP contribution in [0.25, 0.3) is 0 Å². The Morgan fingerprint density at radius 3 is 2.48 bits per heavy atom. The number of carbonyl (C=O) groups excluding carboxylic acids is 1. The first-order valence-corrected chi connectivity index (χ1v) is 7.16. The molecule has 2 aromatic rings. The maximum absolute atomic E-state index is 11.8. The Labute approximate surface area is 126 Å². The highest BCUT2D eigenvalue weighted by molar-refractivity contribution is 7.18. The number of carboxylic acids is 1. The number of ether oxygens (including phenoxy) is 1. The van der Waals surface area contributed by atoms with Crippen LogP contribution in [-0.4, -0.2) is 24.1 Å². The smallest absolute Gasteiger partial charge is 0.345 e. The monoisotopic (exact) mass is 305 g/mol. The maximum atomic E-state index is 11.8. The molecule has 0 saturated carbocycles. The summed E-state index contributed by atoms with van der Waals surface area (Å²) in [5.74, 6) is -0.341. The topological polar surface area (TPSA) is 75.6 Å². The number of methoxy groups -OCH3 is 1. The summed E-state index contributed by atoms with van der Waals surface area (Å²) in [5, 5.41) is 12.1. The van der Waals surface area contributed by atoms with Crippen molar-refractivity contribution in [3.8, 4) is 5.75 Å². The third-order valence-electron chi connectivity index (χ3n) is 2.88. The van der Waals surface area contributed by atoms with Crippen molar-refractivity contribution in [1.82, 2.24) is 0 Å². The van der Waals surface area contributed by atoms with Gasteiger partial charge in [0.1, 0.15) is 10.6 Å². The number of hydrogen-bond donors (Lipinski definition) is 2. The number of carboxylic acid groups (broad SMARTS) is 1. The number of thiophene rings is 1. The first kappa shape index (κ1) is 15.1. The molecule has 5 nitrogen and oxygen atoms in total. The van der Waals surface area contributed by atoms with E-state index in [1.165, 1.54) is 6.07 Å². The minimum absolute atomic E-state index is 0.135.